The average Bonchev–Trinajstić information content (AvgIpc) is 2.81. The molecule has 1 saturated heterocycles. The molecule has 8 heteroatoms. The Morgan fingerprint density at radius 1 is 1.22 bits per heavy atom. The van der Waals surface area contributed by atoms with E-state index in [1.165, 1.54) is 0 Å². The smallest absolute Gasteiger partial charge is 0.269 e. The van der Waals surface area contributed by atoms with E-state index in [9.17, 15) is 14.9 Å². The minimum Gasteiger partial charge on any atom is -0.495 e. The topological polar surface area (TPSA) is 87.9 Å². The zero-order valence-corrected chi connectivity index (χ0v) is 18.8. The number of nitrogens with one attached hydrogen (secondary N) is 1. The number of non-ortho nitro benzene ring substituents is 1. The third-order valence-corrected chi connectivity index (χ3v) is 6.35. The fraction of sp³-hybridized carbons (Fsp3) is 0.458. The van der Waals surface area contributed by atoms with Gasteiger partial charge in [0.15, 0.2) is 0 Å². The molecule has 0 radical (unpaired) electrons. The van der Waals surface area contributed by atoms with Crippen LogP contribution in [0.25, 0.3) is 0 Å². The summed E-state index contributed by atoms with van der Waals surface area (Å²) in [6.45, 7) is 6.91. The first-order valence-corrected chi connectivity index (χ1v) is 11.1. The number of ether oxygens (including phenoxy) is 1. The Kier molecular flexibility index (Phi) is 6.21. The largest absolute Gasteiger partial charge is 0.495 e. The number of fused-ring (bicyclic) bond motifs is 3. The Morgan fingerprint density at radius 2 is 2.00 bits per heavy atom. The Hall–Kier alpha value is -3.29. The van der Waals surface area contributed by atoms with Crippen LogP contribution in [0, 0.1) is 22.0 Å². The Morgan fingerprint density at radius 3 is 2.72 bits per heavy atom. The van der Waals surface area contributed by atoms with E-state index in [-0.39, 0.29) is 28.5 Å². The van der Waals surface area contributed by atoms with Gasteiger partial charge in [0, 0.05) is 44.0 Å². The monoisotopic (exact) mass is 438 g/mol. The van der Waals surface area contributed by atoms with Gasteiger partial charge in [-0.3, -0.25) is 14.9 Å². The molecule has 0 aromatic heterocycles. The summed E-state index contributed by atoms with van der Waals surface area (Å²) >= 11 is 0. The number of anilines is 2. The van der Waals surface area contributed by atoms with Crippen molar-refractivity contribution in [3.63, 3.8) is 0 Å². The Balaban J connectivity index is 1.67. The quantitative estimate of drug-likeness (QED) is 0.550. The van der Waals surface area contributed by atoms with Crippen LogP contribution in [0.1, 0.15) is 19.4 Å². The molecule has 2 aromatic rings. The Labute approximate surface area is 188 Å². The van der Waals surface area contributed by atoms with Crippen molar-refractivity contribution < 1.29 is 14.5 Å². The van der Waals surface area contributed by atoms with Gasteiger partial charge in [0.05, 0.1) is 29.7 Å². The predicted molar refractivity (Wildman–Crippen MR) is 124 cm³/mol. The van der Waals surface area contributed by atoms with Gasteiger partial charge in [-0.15, -0.1) is 0 Å². The summed E-state index contributed by atoms with van der Waals surface area (Å²) in [5.41, 5.74) is 2.95. The third-order valence-electron chi connectivity index (χ3n) is 6.35. The van der Waals surface area contributed by atoms with Gasteiger partial charge < -0.3 is 19.9 Å². The fourth-order valence-electron chi connectivity index (χ4n) is 4.77. The molecule has 32 heavy (non-hydrogen) atoms. The lowest BCUT2D eigenvalue weighted by Crippen LogP contribution is -2.61. The van der Waals surface area contributed by atoms with Crippen molar-refractivity contribution in [1.29, 1.82) is 0 Å². The van der Waals surface area contributed by atoms with Crippen molar-refractivity contribution in [2.45, 2.75) is 26.3 Å². The summed E-state index contributed by atoms with van der Waals surface area (Å²) in [6, 6.07) is 12.9. The summed E-state index contributed by atoms with van der Waals surface area (Å²) in [5.74, 6) is 0.880. The number of methoxy groups -OCH3 is 1. The molecule has 2 atom stereocenters. The number of hydrogen-bond donors (Lipinski definition) is 1. The lowest BCUT2D eigenvalue weighted by atomic mass is 9.83. The van der Waals surface area contributed by atoms with Crippen molar-refractivity contribution >= 4 is 23.0 Å². The van der Waals surface area contributed by atoms with E-state index in [4.69, 9.17) is 4.74 Å². The van der Waals surface area contributed by atoms with E-state index in [0.717, 1.165) is 35.8 Å². The van der Waals surface area contributed by atoms with E-state index in [2.05, 4.69) is 29.0 Å². The van der Waals surface area contributed by atoms with Crippen molar-refractivity contribution in [3.05, 3.63) is 58.1 Å². The number of benzene rings is 2. The molecule has 0 bridgehead atoms. The minimum absolute atomic E-state index is 0.00716. The molecular weight excluding hydrogens is 408 g/mol. The van der Waals surface area contributed by atoms with Crippen LogP contribution in [0.5, 0.6) is 5.75 Å². The van der Waals surface area contributed by atoms with Gasteiger partial charge in [-0.05, 0) is 36.1 Å². The van der Waals surface area contributed by atoms with E-state index in [1.54, 1.807) is 19.2 Å². The third kappa shape index (κ3) is 4.22. The van der Waals surface area contributed by atoms with Gasteiger partial charge in [-0.25, -0.2) is 0 Å². The van der Waals surface area contributed by atoms with Crippen molar-refractivity contribution in [2.24, 2.45) is 11.8 Å². The highest BCUT2D eigenvalue weighted by Crippen LogP contribution is 2.39. The maximum atomic E-state index is 13.2. The molecule has 2 aliphatic heterocycles. The molecule has 0 saturated carbocycles. The number of rotatable bonds is 6. The van der Waals surface area contributed by atoms with Gasteiger partial charge in [-0.1, -0.05) is 26.0 Å². The number of carbonyl (C=O) groups is 1. The van der Waals surface area contributed by atoms with Crippen LogP contribution in [0.4, 0.5) is 17.1 Å². The highest BCUT2D eigenvalue weighted by molar-refractivity contribution is 5.82. The van der Waals surface area contributed by atoms with Gasteiger partial charge >= 0.3 is 0 Å². The molecule has 170 valence electrons. The number of para-hydroxylation sites is 2. The highest BCUT2D eigenvalue weighted by atomic mass is 16.6. The maximum absolute atomic E-state index is 13.2. The highest BCUT2D eigenvalue weighted by Gasteiger charge is 2.42. The first-order chi connectivity index (χ1) is 15.4. The number of nitro benzene ring substituents is 1. The lowest BCUT2D eigenvalue weighted by molar-refractivity contribution is -0.384. The summed E-state index contributed by atoms with van der Waals surface area (Å²) in [7, 11) is 1.67. The molecule has 1 N–H and O–H groups in total. The normalized spacial score (nSPS) is 19.9. The number of nitro groups is 1. The standard InChI is InChI=1S/C24H30N4O4/c1-16(2)14-25-24(29)19-13-17-12-18(28(30)31)8-9-20(17)27-11-10-26(15-22(19)27)21-6-4-5-7-23(21)32-3/h4-9,12,16,19,22H,10-11,13-15H2,1-3H3,(H,25,29). The lowest BCUT2D eigenvalue weighted by Gasteiger charge is -2.49. The molecular formula is C24H30N4O4. The zero-order valence-electron chi connectivity index (χ0n) is 18.8. The number of hydrogen-bond acceptors (Lipinski definition) is 6. The first kappa shape index (κ1) is 21.9. The molecule has 8 nitrogen and oxygen atoms in total. The van der Waals surface area contributed by atoms with Gasteiger partial charge in [0.1, 0.15) is 5.75 Å². The van der Waals surface area contributed by atoms with E-state index < -0.39 is 0 Å². The van der Waals surface area contributed by atoms with Crippen LogP contribution < -0.4 is 19.9 Å². The van der Waals surface area contributed by atoms with Crippen molar-refractivity contribution in [1.82, 2.24) is 5.32 Å². The van der Waals surface area contributed by atoms with Crippen LogP contribution >= 0.6 is 0 Å². The second-order valence-corrected chi connectivity index (χ2v) is 8.90. The van der Waals surface area contributed by atoms with Crippen molar-refractivity contribution in [2.75, 3.05) is 43.1 Å². The summed E-state index contributed by atoms with van der Waals surface area (Å²) < 4.78 is 5.57. The summed E-state index contributed by atoms with van der Waals surface area (Å²) in [6.07, 6.45) is 0.488. The number of amides is 1. The minimum atomic E-state index is -0.375. The molecule has 2 aliphatic rings. The van der Waals surface area contributed by atoms with Crippen LogP contribution in [0.2, 0.25) is 0 Å². The van der Waals surface area contributed by atoms with E-state index in [0.29, 0.717) is 25.4 Å². The second kappa shape index (κ2) is 9.06. The molecule has 0 spiro atoms. The van der Waals surface area contributed by atoms with Crippen molar-refractivity contribution in [3.8, 4) is 5.75 Å². The van der Waals surface area contributed by atoms with Crippen LogP contribution in [0.3, 0.4) is 0 Å². The molecule has 1 amide bonds. The number of carbonyl (C=O) groups excluding carboxylic acids is 1. The van der Waals surface area contributed by atoms with Gasteiger partial charge in [0.25, 0.3) is 5.69 Å². The molecule has 2 unspecified atom stereocenters. The number of nitrogens with zero attached hydrogens (tertiary/aromatic N) is 3. The van der Waals surface area contributed by atoms with E-state index in [1.807, 2.05) is 30.3 Å². The van der Waals surface area contributed by atoms with Crippen LogP contribution in [-0.4, -0.2) is 50.2 Å². The zero-order chi connectivity index (χ0) is 22.8. The van der Waals surface area contributed by atoms with Gasteiger partial charge in [0.2, 0.25) is 5.91 Å². The average molecular weight is 439 g/mol. The van der Waals surface area contributed by atoms with Crippen LogP contribution in [0.15, 0.2) is 42.5 Å². The molecule has 2 aromatic carbocycles. The first-order valence-electron chi connectivity index (χ1n) is 11.1. The predicted octanol–water partition coefficient (Wildman–Crippen LogP) is 3.24. The number of piperazine rings is 1. The summed E-state index contributed by atoms with van der Waals surface area (Å²) in [4.78, 5) is 28.7. The summed E-state index contributed by atoms with van der Waals surface area (Å²) in [5, 5.41) is 14.4. The van der Waals surface area contributed by atoms with E-state index >= 15 is 0 Å². The molecule has 4 rings (SSSR count). The second-order valence-electron chi connectivity index (χ2n) is 8.90. The maximum Gasteiger partial charge on any atom is 0.269 e. The fourth-order valence-corrected chi connectivity index (χ4v) is 4.77. The van der Waals surface area contributed by atoms with Crippen LogP contribution in [-0.2, 0) is 11.2 Å². The SMILES string of the molecule is COc1ccccc1N1CCN2c3ccc([N+](=O)[O-])cc3CC(C(=O)NCC(C)C)C2C1. The molecule has 0 aliphatic carbocycles. The molecule has 2 heterocycles. The molecule has 1 fully saturated rings. The Bertz CT molecular complexity index is 1010. The van der Waals surface area contributed by atoms with Gasteiger partial charge in [-0.2, -0.15) is 0 Å².